The number of carboxylic acids is 1. The first-order valence-electron chi connectivity index (χ1n) is 5.17. The standard InChI is InChI=1S/C12H14O5/c1-3-16-11(13)7-17-9-4-5-10(12(14)15)8(2)6-9/h4-6H,3,7H2,1-2H3,(H,14,15). The van der Waals surface area contributed by atoms with Crippen LogP contribution in [0.25, 0.3) is 0 Å². The first-order chi connectivity index (χ1) is 8.04. The van der Waals surface area contributed by atoms with Crippen LogP contribution >= 0.6 is 0 Å². The smallest absolute Gasteiger partial charge is 0.344 e. The highest BCUT2D eigenvalue weighted by Crippen LogP contribution is 2.17. The van der Waals surface area contributed by atoms with E-state index in [1.165, 1.54) is 12.1 Å². The zero-order valence-corrected chi connectivity index (χ0v) is 9.73. The molecule has 92 valence electrons. The Kier molecular flexibility index (Phi) is 4.51. The fraction of sp³-hybridized carbons (Fsp3) is 0.333. The summed E-state index contributed by atoms with van der Waals surface area (Å²) in [5, 5.41) is 8.83. The van der Waals surface area contributed by atoms with Gasteiger partial charge in [-0.1, -0.05) is 0 Å². The summed E-state index contributed by atoms with van der Waals surface area (Å²) < 4.78 is 9.87. The Bertz CT molecular complexity index is 425. The van der Waals surface area contributed by atoms with Gasteiger partial charge in [0.05, 0.1) is 12.2 Å². The number of ether oxygens (including phenoxy) is 2. The number of hydrogen-bond acceptors (Lipinski definition) is 4. The van der Waals surface area contributed by atoms with Crippen molar-refractivity contribution in [2.75, 3.05) is 13.2 Å². The van der Waals surface area contributed by atoms with E-state index in [1.54, 1.807) is 19.9 Å². The van der Waals surface area contributed by atoms with Gasteiger partial charge in [-0.3, -0.25) is 0 Å². The van der Waals surface area contributed by atoms with Gasteiger partial charge in [0.15, 0.2) is 6.61 Å². The van der Waals surface area contributed by atoms with Crippen molar-refractivity contribution >= 4 is 11.9 Å². The van der Waals surface area contributed by atoms with Gasteiger partial charge in [0, 0.05) is 0 Å². The van der Waals surface area contributed by atoms with Crippen molar-refractivity contribution in [1.29, 1.82) is 0 Å². The molecule has 0 aliphatic heterocycles. The van der Waals surface area contributed by atoms with Gasteiger partial charge in [-0.15, -0.1) is 0 Å². The third-order valence-corrected chi connectivity index (χ3v) is 2.09. The molecule has 0 fully saturated rings. The van der Waals surface area contributed by atoms with E-state index in [2.05, 4.69) is 0 Å². The summed E-state index contributed by atoms with van der Waals surface area (Å²) in [7, 11) is 0. The molecule has 0 aliphatic carbocycles. The molecule has 5 nitrogen and oxygen atoms in total. The lowest BCUT2D eigenvalue weighted by Crippen LogP contribution is -2.14. The molecule has 1 N–H and O–H groups in total. The molecule has 0 saturated heterocycles. The maximum atomic E-state index is 11.0. The first kappa shape index (κ1) is 13.0. The second kappa shape index (κ2) is 5.89. The first-order valence-corrected chi connectivity index (χ1v) is 5.17. The zero-order valence-electron chi connectivity index (χ0n) is 9.73. The average Bonchev–Trinajstić information content (AvgIpc) is 2.26. The van der Waals surface area contributed by atoms with Gasteiger partial charge in [0.2, 0.25) is 0 Å². The van der Waals surface area contributed by atoms with E-state index in [0.29, 0.717) is 17.9 Å². The Labute approximate surface area is 99.0 Å². The van der Waals surface area contributed by atoms with Crippen LogP contribution in [0.5, 0.6) is 5.75 Å². The lowest BCUT2D eigenvalue weighted by atomic mass is 10.1. The summed E-state index contributed by atoms with van der Waals surface area (Å²) in [5.41, 5.74) is 0.798. The van der Waals surface area contributed by atoms with Gasteiger partial charge in [0.25, 0.3) is 0 Å². The molecular weight excluding hydrogens is 224 g/mol. The second-order valence-corrected chi connectivity index (χ2v) is 3.38. The van der Waals surface area contributed by atoms with Crippen LogP contribution in [0.3, 0.4) is 0 Å². The molecule has 0 aliphatic rings. The maximum absolute atomic E-state index is 11.0. The van der Waals surface area contributed by atoms with Crippen LogP contribution in [0.1, 0.15) is 22.8 Å². The molecule has 0 aromatic heterocycles. The Morgan fingerprint density at radius 3 is 2.59 bits per heavy atom. The summed E-state index contributed by atoms with van der Waals surface area (Å²) in [5.74, 6) is -0.993. The minimum absolute atomic E-state index is 0.181. The number of esters is 1. The maximum Gasteiger partial charge on any atom is 0.344 e. The van der Waals surface area contributed by atoms with Crippen molar-refractivity contribution in [2.45, 2.75) is 13.8 Å². The van der Waals surface area contributed by atoms with Gasteiger partial charge in [-0.2, -0.15) is 0 Å². The van der Waals surface area contributed by atoms with Crippen LogP contribution in [-0.4, -0.2) is 30.3 Å². The van der Waals surface area contributed by atoms with E-state index in [4.69, 9.17) is 14.6 Å². The van der Waals surface area contributed by atoms with Crippen LogP contribution in [0.4, 0.5) is 0 Å². The largest absolute Gasteiger partial charge is 0.482 e. The quantitative estimate of drug-likeness (QED) is 0.789. The van der Waals surface area contributed by atoms with E-state index in [1.807, 2.05) is 0 Å². The fourth-order valence-corrected chi connectivity index (χ4v) is 1.31. The predicted molar refractivity (Wildman–Crippen MR) is 60.3 cm³/mol. The van der Waals surface area contributed by atoms with Crippen LogP contribution in [-0.2, 0) is 9.53 Å². The van der Waals surface area contributed by atoms with Crippen molar-refractivity contribution in [2.24, 2.45) is 0 Å². The number of carbonyl (C=O) groups is 2. The molecule has 0 radical (unpaired) electrons. The van der Waals surface area contributed by atoms with Crippen molar-refractivity contribution in [3.05, 3.63) is 29.3 Å². The summed E-state index contributed by atoms with van der Waals surface area (Å²) >= 11 is 0. The van der Waals surface area contributed by atoms with Crippen molar-refractivity contribution < 1.29 is 24.2 Å². The number of benzene rings is 1. The zero-order chi connectivity index (χ0) is 12.8. The summed E-state index contributed by atoms with van der Waals surface area (Å²) in [4.78, 5) is 21.8. The summed E-state index contributed by atoms with van der Waals surface area (Å²) in [6.45, 7) is 3.50. The Morgan fingerprint density at radius 1 is 1.35 bits per heavy atom. The van der Waals surface area contributed by atoms with Crippen molar-refractivity contribution in [1.82, 2.24) is 0 Å². The molecule has 1 aromatic rings. The third kappa shape index (κ3) is 3.79. The van der Waals surface area contributed by atoms with E-state index >= 15 is 0 Å². The van der Waals surface area contributed by atoms with Gasteiger partial charge in [0.1, 0.15) is 5.75 Å². The van der Waals surface area contributed by atoms with Crippen LogP contribution in [0.15, 0.2) is 18.2 Å². The second-order valence-electron chi connectivity index (χ2n) is 3.38. The van der Waals surface area contributed by atoms with Crippen LogP contribution in [0, 0.1) is 6.92 Å². The van der Waals surface area contributed by atoms with Crippen molar-refractivity contribution in [3.63, 3.8) is 0 Å². The molecular formula is C12H14O5. The number of carbonyl (C=O) groups excluding carboxylic acids is 1. The molecule has 1 rings (SSSR count). The SMILES string of the molecule is CCOC(=O)COc1ccc(C(=O)O)c(C)c1. The molecule has 0 unspecified atom stereocenters. The molecule has 0 saturated carbocycles. The Balaban J connectivity index is 2.65. The Morgan fingerprint density at radius 2 is 2.06 bits per heavy atom. The van der Waals surface area contributed by atoms with Gasteiger partial charge in [-0.05, 0) is 37.6 Å². The fourth-order valence-electron chi connectivity index (χ4n) is 1.31. The van der Waals surface area contributed by atoms with E-state index in [0.717, 1.165) is 0 Å². The molecule has 1 aromatic carbocycles. The highest BCUT2D eigenvalue weighted by Gasteiger charge is 2.08. The van der Waals surface area contributed by atoms with Crippen molar-refractivity contribution in [3.8, 4) is 5.75 Å². The average molecular weight is 238 g/mol. The molecule has 17 heavy (non-hydrogen) atoms. The van der Waals surface area contributed by atoms with Gasteiger partial charge in [-0.25, -0.2) is 9.59 Å². The lowest BCUT2D eigenvalue weighted by molar-refractivity contribution is -0.145. The minimum atomic E-state index is -0.987. The number of carboxylic acid groups (broad SMARTS) is 1. The minimum Gasteiger partial charge on any atom is -0.482 e. The van der Waals surface area contributed by atoms with Crippen LogP contribution in [0.2, 0.25) is 0 Å². The molecule has 0 heterocycles. The number of rotatable bonds is 5. The van der Waals surface area contributed by atoms with E-state index in [9.17, 15) is 9.59 Å². The monoisotopic (exact) mass is 238 g/mol. The highest BCUT2D eigenvalue weighted by atomic mass is 16.6. The van der Waals surface area contributed by atoms with E-state index in [-0.39, 0.29) is 12.2 Å². The summed E-state index contributed by atoms with van der Waals surface area (Å²) in [6, 6.07) is 4.52. The highest BCUT2D eigenvalue weighted by molar-refractivity contribution is 5.89. The number of aromatic carboxylic acids is 1. The molecule has 0 spiro atoms. The van der Waals surface area contributed by atoms with Gasteiger partial charge >= 0.3 is 11.9 Å². The molecule has 0 amide bonds. The summed E-state index contributed by atoms with van der Waals surface area (Å²) in [6.07, 6.45) is 0. The van der Waals surface area contributed by atoms with E-state index < -0.39 is 11.9 Å². The third-order valence-electron chi connectivity index (χ3n) is 2.09. The topological polar surface area (TPSA) is 72.8 Å². The molecule has 0 bridgehead atoms. The number of aryl methyl sites for hydroxylation is 1. The number of hydrogen-bond donors (Lipinski definition) is 1. The van der Waals surface area contributed by atoms with Crippen LogP contribution < -0.4 is 4.74 Å². The molecule has 5 heteroatoms. The normalized spacial score (nSPS) is 9.76. The Hall–Kier alpha value is -2.04. The van der Waals surface area contributed by atoms with Gasteiger partial charge < -0.3 is 14.6 Å². The predicted octanol–water partition coefficient (Wildman–Crippen LogP) is 1.64. The molecule has 0 atom stereocenters. The lowest BCUT2D eigenvalue weighted by Gasteiger charge is -2.07.